The summed E-state index contributed by atoms with van der Waals surface area (Å²) in [4.78, 5) is 6.01. The Bertz CT molecular complexity index is 1290. The number of hydrogen-bond donors (Lipinski definition) is 1. The van der Waals surface area contributed by atoms with Gasteiger partial charge in [-0.25, -0.2) is 18.3 Å². The van der Waals surface area contributed by atoms with Crippen molar-refractivity contribution in [2.24, 2.45) is 0 Å². The van der Waals surface area contributed by atoms with E-state index in [2.05, 4.69) is 27.4 Å². The molecule has 1 N–H and O–H groups in total. The maximum atomic E-state index is 13.9. The fraction of sp³-hybridized carbons (Fsp3) is 0.345. The second-order valence-corrected chi connectivity index (χ2v) is 10.1. The van der Waals surface area contributed by atoms with Crippen LogP contribution in [0.2, 0.25) is 5.02 Å². The molecule has 3 nitrogen and oxygen atoms in total. The van der Waals surface area contributed by atoms with E-state index in [0.29, 0.717) is 6.04 Å². The average molecular weight is 495 g/mol. The minimum Gasteiger partial charge on any atom is -0.303 e. The van der Waals surface area contributed by atoms with Crippen molar-refractivity contribution in [1.82, 2.24) is 9.88 Å². The summed E-state index contributed by atoms with van der Waals surface area (Å²) in [5, 5.41) is 0.748. The van der Waals surface area contributed by atoms with Gasteiger partial charge < -0.3 is 4.90 Å². The SMILES string of the molecule is Cc1[nH]c2cc(Cl)ccc2[n+]1C1CCN(CCCC(c2ccc(F)cc2)c2cccc(F)c2)CC1. The molecule has 0 saturated carbocycles. The van der Waals surface area contributed by atoms with Crippen molar-refractivity contribution >= 4 is 22.6 Å². The Balaban J connectivity index is 1.21. The van der Waals surface area contributed by atoms with E-state index >= 15 is 0 Å². The molecule has 35 heavy (non-hydrogen) atoms. The number of aryl methyl sites for hydroxylation is 1. The van der Waals surface area contributed by atoms with Crippen LogP contribution >= 0.6 is 11.6 Å². The van der Waals surface area contributed by atoms with Gasteiger partial charge in [-0.2, -0.15) is 0 Å². The molecular formula is C29H31ClF2N3+. The number of hydrogen-bond acceptors (Lipinski definition) is 1. The summed E-state index contributed by atoms with van der Waals surface area (Å²) in [5.74, 6) is 0.739. The highest BCUT2D eigenvalue weighted by atomic mass is 35.5. The van der Waals surface area contributed by atoms with E-state index in [0.717, 1.165) is 72.8 Å². The molecule has 0 amide bonds. The van der Waals surface area contributed by atoms with Crippen molar-refractivity contribution in [3.8, 4) is 0 Å². The Morgan fingerprint density at radius 3 is 2.49 bits per heavy atom. The zero-order chi connectivity index (χ0) is 24.4. The highest BCUT2D eigenvalue weighted by Gasteiger charge is 2.28. The van der Waals surface area contributed by atoms with E-state index in [4.69, 9.17) is 11.6 Å². The zero-order valence-electron chi connectivity index (χ0n) is 20.0. The van der Waals surface area contributed by atoms with Crippen LogP contribution in [0.5, 0.6) is 0 Å². The van der Waals surface area contributed by atoms with E-state index in [1.807, 2.05) is 30.3 Å². The molecular weight excluding hydrogens is 464 g/mol. The summed E-state index contributed by atoms with van der Waals surface area (Å²) < 4.78 is 29.9. The Morgan fingerprint density at radius 1 is 0.971 bits per heavy atom. The summed E-state index contributed by atoms with van der Waals surface area (Å²) in [6.07, 6.45) is 4.10. The van der Waals surface area contributed by atoms with Crippen molar-refractivity contribution < 1.29 is 13.3 Å². The number of fused-ring (bicyclic) bond motifs is 1. The lowest BCUT2D eigenvalue weighted by molar-refractivity contribution is -0.707. The molecule has 6 heteroatoms. The topological polar surface area (TPSA) is 22.9 Å². The standard InChI is InChI=1S/C29H30ClF2N3/c1-20-33-28-19-23(30)9-12-29(28)35(20)26-13-16-34(17-14-26)15-3-6-27(21-7-10-24(31)11-8-21)22-4-2-5-25(32)18-22/h2,4-5,7-12,18-19,26-27H,3,6,13-17H2,1H3/p+1. The number of aromatic amines is 1. The highest BCUT2D eigenvalue weighted by Crippen LogP contribution is 2.31. The lowest BCUT2D eigenvalue weighted by Gasteiger charge is -2.31. The van der Waals surface area contributed by atoms with Crippen LogP contribution in [-0.4, -0.2) is 29.5 Å². The van der Waals surface area contributed by atoms with Gasteiger partial charge in [-0.05, 0) is 66.9 Å². The first kappa shape index (κ1) is 24.0. The van der Waals surface area contributed by atoms with Gasteiger partial charge in [0.15, 0.2) is 11.0 Å². The van der Waals surface area contributed by atoms with Crippen molar-refractivity contribution in [1.29, 1.82) is 0 Å². The predicted octanol–water partition coefficient (Wildman–Crippen LogP) is 6.94. The number of imidazole rings is 1. The first-order valence-corrected chi connectivity index (χ1v) is 12.8. The molecule has 1 fully saturated rings. The second kappa shape index (κ2) is 10.5. The summed E-state index contributed by atoms with van der Waals surface area (Å²) in [7, 11) is 0. The third kappa shape index (κ3) is 5.41. The van der Waals surface area contributed by atoms with Crippen molar-refractivity contribution in [3.63, 3.8) is 0 Å². The van der Waals surface area contributed by atoms with Crippen LogP contribution in [0.4, 0.5) is 8.78 Å². The number of nitrogens with zero attached hydrogens (tertiary/aromatic N) is 2. The third-order valence-corrected chi connectivity index (χ3v) is 7.54. The summed E-state index contributed by atoms with van der Waals surface area (Å²) >= 11 is 6.18. The molecule has 182 valence electrons. The van der Waals surface area contributed by atoms with Crippen LogP contribution in [0, 0.1) is 18.6 Å². The molecule has 5 rings (SSSR count). The monoisotopic (exact) mass is 494 g/mol. The van der Waals surface area contributed by atoms with Crippen LogP contribution in [0.25, 0.3) is 11.0 Å². The second-order valence-electron chi connectivity index (χ2n) is 9.62. The third-order valence-electron chi connectivity index (χ3n) is 7.31. The molecule has 1 aromatic heterocycles. The zero-order valence-corrected chi connectivity index (χ0v) is 20.7. The molecule has 1 atom stereocenters. The lowest BCUT2D eigenvalue weighted by atomic mass is 9.87. The number of aromatic nitrogens is 2. The van der Waals surface area contributed by atoms with Crippen molar-refractivity contribution in [2.75, 3.05) is 19.6 Å². The normalized spacial score (nSPS) is 16.1. The van der Waals surface area contributed by atoms with Gasteiger partial charge in [-0.1, -0.05) is 35.9 Å². The first-order chi connectivity index (χ1) is 17.0. The van der Waals surface area contributed by atoms with Gasteiger partial charge >= 0.3 is 0 Å². The summed E-state index contributed by atoms with van der Waals surface area (Å²) in [6, 6.07) is 20.0. The number of rotatable bonds is 7. The first-order valence-electron chi connectivity index (χ1n) is 12.4. The maximum Gasteiger partial charge on any atom is 0.252 e. The Morgan fingerprint density at radius 2 is 1.74 bits per heavy atom. The average Bonchev–Trinajstić information content (AvgIpc) is 3.17. The van der Waals surface area contributed by atoms with Crippen molar-refractivity contribution in [3.05, 3.63) is 100 Å². The Kier molecular flexibility index (Phi) is 7.17. The van der Waals surface area contributed by atoms with Crippen molar-refractivity contribution in [2.45, 2.75) is 44.6 Å². The smallest absolute Gasteiger partial charge is 0.252 e. The molecule has 1 unspecified atom stereocenters. The van der Waals surface area contributed by atoms with Crippen LogP contribution in [0.15, 0.2) is 66.7 Å². The predicted molar refractivity (Wildman–Crippen MR) is 137 cm³/mol. The highest BCUT2D eigenvalue weighted by molar-refractivity contribution is 6.31. The quantitative estimate of drug-likeness (QED) is 0.276. The van der Waals surface area contributed by atoms with Crippen LogP contribution < -0.4 is 4.57 Å². The van der Waals surface area contributed by atoms with Gasteiger partial charge in [0.2, 0.25) is 0 Å². The van der Waals surface area contributed by atoms with Gasteiger partial charge in [-0.15, -0.1) is 0 Å². The molecule has 0 radical (unpaired) electrons. The van der Waals surface area contributed by atoms with E-state index < -0.39 is 0 Å². The molecule has 1 aliphatic rings. The number of benzene rings is 3. The Hall–Kier alpha value is -2.76. The molecule has 1 saturated heterocycles. The Labute approximate surface area is 210 Å². The van der Waals surface area contributed by atoms with Gasteiger partial charge in [-0.3, -0.25) is 0 Å². The lowest BCUT2D eigenvalue weighted by Crippen LogP contribution is -2.47. The minimum absolute atomic E-state index is 0.0556. The number of likely N-dealkylation sites (tertiary alicyclic amines) is 1. The van der Waals surface area contributed by atoms with E-state index in [9.17, 15) is 8.78 Å². The molecule has 0 bridgehead atoms. The molecule has 0 spiro atoms. The number of nitrogens with one attached hydrogen (secondary N) is 1. The van der Waals surface area contributed by atoms with Crippen LogP contribution in [-0.2, 0) is 0 Å². The molecule has 0 aliphatic carbocycles. The molecule has 3 aromatic carbocycles. The molecule has 2 heterocycles. The van der Waals surface area contributed by atoms with E-state index in [1.165, 1.54) is 23.7 Å². The fourth-order valence-electron chi connectivity index (χ4n) is 5.59. The largest absolute Gasteiger partial charge is 0.303 e. The van der Waals surface area contributed by atoms with Gasteiger partial charge in [0, 0.05) is 49.9 Å². The van der Waals surface area contributed by atoms with Gasteiger partial charge in [0.1, 0.15) is 17.7 Å². The number of halogens is 3. The fourth-order valence-corrected chi connectivity index (χ4v) is 5.76. The number of H-pyrrole nitrogens is 1. The molecule has 1 aliphatic heterocycles. The minimum atomic E-state index is -0.249. The maximum absolute atomic E-state index is 13.9. The van der Waals surface area contributed by atoms with E-state index in [-0.39, 0.29) is 17.6 Å². The van der Waals surface area contributed by atoms with Crippen LogP contribution in [0.3, 0.4) is 0 Å². The number of piperidine rings is 1. The summed E-state index contributed by atoms with van der Waals surface area (Å²) in [6.45, 7) is 5.24. The van der Waals surface area contributed by atoms with Gasteiger partial charge in [0.05, 0.1) is 0 Å². The van der Waals surface area contributed by atoms with Crippen LogP contribution in [0.1, 0.15) is 54.6 Å². The van der Waals surface area contributed by atoms with E-state index in [1.54, 1.807) is 12.1 Å². The molecule has 4 aromatic rings. The van der Waals surface area contributed by atoms with Gasteiger partial charge in [0.25, 0.3) is 5.82 Å². The summed E-state index contributed by atoms with van der Waals surface area (Å²) in [5.41, 5.74) is 4.27.